The van der Waals surface area contributed by atoms with Crippen molar-refractivity contribution in [1.82, 2.24) is 10.6 Å². The molecule has 2 aliphatic rings. The molecule has 2 aromatic carbocycles. The second-order valence-electron chi connectivity index (χ2n) is 13.2. The van der Waals surface area contributed by atoms with Crippen molar-refractivity contribution in [2.75, 3.05) is 22.9 Å². The van der Waals surface area contributed by atoms with Crippen molar-refractivity contribution in [3.63, 3.8) is 0 Å². The maximum atomic E-state index is 12.6. The summed E-state index contributed by atoms with van der Waals surface area (Å²) in [5, 5.41) is 6.00. The quantitative estimate of drug-likeness (QED) is 0.238. The molecular weight excluding hydrogens is 682 g/mol. The molecule has 16 heteroatoms. The van der Waals surface area contributed by atoms with Crippen LogP contribution in [0.3, 0.4) is 0 Å². The van der Waals surface area contributed by atoms with Crippen molar-refractivity contribution in [3.8, 4) is 11.5 Å². The molecule has 0 bridgehead atoms. The lowest BCUT2D eigenvalue weighted by Crippen LogP contribution is -2.45. The first-order valence-corrected chi connectivity index (χ1v) is 15.7. The van der Waals surface area contributed by atoms with Crippen molar-refractivity contribution < 1.29 is 45.4 Å². The first-order valence-electron chi connectivity index (χ1n) is 14.9. The Morgan fingerprint density at radius 2 is 1.19 bits per heavy atom. The number of rotatable bonds is 6. The van der Waals surface area contributed by atoms with E-state index < -0.39 is 24.6 Å². The van der Waals surface area contributed by atoms with E-state index in [-0.39, 0.29) is 34.4 Å². The zero-order chi connectivity index (χ0) is 36.2. The molecule has 2 heterocycles. The highest BCUT2D eigenvalue weighted by atomic mass is 32.1. The number of hydrogen-bond acceptors (Lipinski definition) is 6. The Balaban J connectivity index is 0.000000260. The standard InChI is InChI=1S/2C16H19F3N2O2S/c1-15(2,3)20-13(24)12-7-8-21(14(12)22)10-5-4-6-11(9-10)23-16(17,18)19;1-15(2,3)20-13(22)12-7-8-21(14(12)24)10-5-4-6-11(9-10)23-16(17,18)19/h4-6,9,12H,7-8H2,1-3H3,(H,20,24);4-6,9,12H,7-8H2,1-3H3,(H,20,22). The normalized spacial score (nSPS) is 18.7. The SMILES string of the molecule is CC(C)(C)NC(=O)C1CCN(c2cccc(OC(F)(F)F)c2)C1=S.CC(C)(C)NC(=S)C1CCN(c2cccc(OC(F)(F)F)c2)C1=O. The zero-order valence-electron chi connectivity index (χ0n) is 27.2. The van der Waals surface area contributed by atoms with Gasteiger partial charge in [0.25, 0.3) is 0 Å². The number of carbonyl (C=O) groups is 2. The Hall–Kier alpha value is -3.66. The number of thiocarbonyl (C=S) groups is 2. The number of ether oxygens (including phenoxy) is 2. The fourth-order valence-corrected chi connectivity index (χ4v) is 5.92. The van der Waals surface area contributed by atoms with Gasteiger partial charge >= 0.3 is 12.7 Å². The highest BCUT2D eigenvalue weighted by Gasteiger charge is 2.38. The summed E-state index contributed by atoms with van der Waals surface area (Å²) in [6.07, 6.45) is -8.48. The van der Waals surface area contributed by atoms with Gasteiger partial charge in [-0.2, -0.15) is 0 Å². The minimum atomic E-state index is -4.77. The van der Waals surface area contributed by atoms with Crippen molar-refractivity contribution in [1.29, 1.82) is 0 Å². The molecule has 2 N–H and O–H groups in total. The van der Waals surface area contributed by atoms with Gasteiger partial charge in [-0.15, -0.1) is 26.3 Å². The molecule has 2 unspecified atom stereocenters. The van der Waals surface area contributed by atoms with Crippen molar-refractivity contribution in [2.45, 2.75) is 78.2 Å². The van der Waals surface area contributed by atoms with Crippen LogP contribution in [0.15, 0.2) is 48.5 Å². The van der Waals surface area contributed by atoms with E-state index in [4.69, 9.17) is 24.4 Å². The minimum absolute atomic E-state index is 0.169. The van der Waals surface area contributed by atoms with E-state index in [0.717, 1.165) is 0 Å². The second-order valence-corrected chi connectivity index (χ2v) is 14.1. The van der Waals surface area contributed by atoms with Gasteiger partial charge in [0.1, 0.15) is 11.5 Å². The largest absolute Gasteiger partial charge is 0.573 e. The molecule has 2 saturated heterocycles. The summed E-state index contributed by atoms with van der Waals surface area (Å²) in [6.45, 7) is 12.3. The molecule has 8 nitrogen and oxygen atoms in total. The number of nitrogens with one attached hydrogen (secondary N) is 2. The van der Waals surface area contributed by atoms with Crippen LogP contribution in [0.4, 0.5) is 37.7 Å². The van der Waals surface area contributed by atoms with Gasteiger partial charge < -0.3 is 29.9 Å². The number of amides is 2. The molecule has 4 rings (SSSR count). The topological polar surface area (TPSA) is 83.1 Å². The number of anilines is 2. The lowest BCUT2D eigenvalue weighted by Gasteiger charge is -2.25. The van der Waals surface area contributed by atoms with Gasteiger partial charge in [0.2, 0.25) is 11.8 Å². The molecule has 0 radical (unpaired) electrons. The summed E-state index contributed by atoms with van der Waals surface area (Å²) in [5.41, 5.74) is 0.210. The number of carbonyl (C=O) groups excluding carboxylic acids is 2. The maximum Gasteiger partial charge on any atom is 0.573 e. The highest BCUT2D eigenvalue weighted by Crippen LogP contribution is 2.33. The number of alkyl halides is 6. The Morgan fingerprint density at radius 1 is 0.750 bits per heavy atom. The zero-order valence-corrected chi connectivity index (χ0v) is 28.8. The molecule has 2 aromatic rings. The Bertz CT molecular complexity index is 1390. The fraction of sp³-hybridized carbons (Fsp3) is 0.500. The van der Waals surface area contributed by atoms with Crippen LogP contribution in [0, 0.1) is 11.8 Å². The van der Waals surface area contributed by atoms with Crippen LogP contribution in [-0.4, -0.2) is 58.7 Å². The third-order valence-corrected chi connectivity index (χ3v) is 7.66. The van der Waals surface area contributed by atoms with Crippen LogP contribution in [0.1, 0.15) is 54.4 Å². The average molecular weight is 721 g/mol. The van der Waals surface area contributed by atoms with E-state index in [1.165, 1.54) is 41.3 Å². The Kier molecular flexibility index (Phi) is 12.0. The molecule has 0 saturated carbocycles. The summed E-state index contributed by atoms with van der Waals surface area (Å²) < 4.78 is 81.8. The van der Waals surface area contributed by atoms with Gasteiger partial charge in [0.05, 0.1) is 21.8 Å². The van der Waals surface area contributed by atoms with E-state index in [2.05, 4.69) is 20.1 Å². The van der Waals surface area contributed by atoms with Crippen LogP contribution in [0.5, 0.6) is 11.5 Å². The van der Waals surface area contributed by atoms with Gasteiger partial charge in [-0.05, 0) is 78.6 Å². The first-order chi connectivity index (χ1) is 21.9. The maximum absolute atomic E-state index is 12.6. The van der Waals surface area contributed by atoms with Gasteiger partial charge in [0.15, 0.2) is 0 Å². The van der Waals surface area contributed by atoms with Gasteiger partial charge in [-0.3, -0.25) is 9.59 Å². The fourth-order valence-electron chi connectivity index (χ4n) is 4.97. The van der Waals surface area contributed by atoms with Crippen molar-refractivity contribution in [3.05, 3.63) is 48.5 Å². The number of halogens is 6. The number of nitrogens with zero attached hydrogens (tertiary/aromatic N) is 2. The summed E-state index contributed by atoms with van der Waals surface area (Å²) in [5.74, 6) is -1.99. The molecule has 2 fully saturated rings. The van der Waals surface area contributed by atoms with Crippen LogP contribution >= 0.6 is 24.4 Å². The van der Waals surface area contributed by atoms with E-state index in [0.29, 0.717) is 47.3 Å². The summed E-state index contributed by atoms with van der Waals surface area (Å²) in [4.78, 5) is 28.8. The van der Waals surface area contributed by atoms with Crippen molar-refractivity contribution >= 4 is 57.6 Å². The minimum Gasteiger partial charge on any atom is -0.406 e. The highest BCUT2D eigenvalue weighted by molar-refractivity contribution is 7.80. The van der Waals surface area contributed by atoms with Crippen LogP contribution in [0.2, 0.25) is 0 Å². The third-order valence-electron chi connectivity index (χ3n) is 6.77. The third kappa shape index (κ3) is 11.8. The molecule has 0 aromatic heterocycles. The first kappa shape index (κ1) is 38.8. The van der Waals surface area contributed by atoms with Crippen molar-refractivity contribution in [2.24, 2.45) is 11.8 Å². The van der Waals surface area contributed by atoms with E-state index in [1.54, 1.807) is 17.0 Å². The average Bonchev–Trinajstić information content (AvgIpc) is 3.48. The monoisotopic (exact) mass is 720 g/mol. The molecule has 2 aliphatic heterocycles. The van der Waals surface area contributed by atoms with Gasteiger partial charge in [-0.25, -0.2) is 0 Å². The molecule has 0 aliphatic carbocycles. The van der Waals surface area contributed by atoms with Crippen LogP contribution < -0.4 is 29.9 Å². The molecule has 48 heavy (non-hydrogen) atoms. The molecule has 2 amide bonds. The molecule has 2 atom stereocenters. The molecular formula is C32H38F6N4O4S2. The predicted octanol–water partition coefficient (Wildman–Crippen LogP) is 7.31. The van der Waals surface area contributed by atoms with E-state index in [1.807, 2.05) is 41.5 Å². The van der Waals surface area contributed by atoms with Crippen LogP contribution in [0.25, 0.3) is 0 Å². The summed E-state index contributed by atoms with van der Waals surface area (Å²) >= 11 is 10.7. The summed E-state index contributed by atoms with van der Waals surface area (Å²) in [7, 11) is 0. The number of hydrogen-bond donors (Lipinski definition) is 2. The number of benzene rings is 2. The van der Waals surface area contributed by atoms with Crippen LogP contribution in [-0.2, 0) is 9.59 Å². The van der Waals surface area contributed by atoms with Gasteiger partial charge in [-0.1, -0.05) is 36.6 Å². The van der Waals surface area contributed by atoms with E-state index >= 15 is 0 Å². The predicted molar refractivity (Wildman–Crippen MR) is 178 cm³/mol. The second kappa shape index (κ2) is 14.8. The van der Waals surface area contributed by atoms with Gasteiger partial charge in [0, 0.05) is 47.7 Å². The van der Waals surface area contributed by atoms with E-state index in [9.17, 15) is 35.9 Å². The lowest BCUT2D eigenvalue weighted by molar-refractivity contribution is -0.275. The lowest BCUT2D eigenvalue weighted by atomic mass is 10.0. The smallest absolute Gasteiger partial charge is 0.406 e. The summed E-state index contributed by atoms with van der Waals surface area (Å²) in [6, 6.07) is 11.0. The Labute approximate surface area is 286 Å². The Morgan fingerprint density at radius 3 is 1.65 bits per heavy atom. The molecule has 264 valence electrons. The molecule has 0 spiro atoms.